The van der Waals surface area contributed by atoms with Crippen LogP contribution in [-0.2, 0) is 19.6 Å². The highest BCUT2D eigenvalue weighted by Gasteiger charge is 2.30. The van der Waals surface area contributed by atoms with Gasteiger partial charge >= 0.3 is 5.97 Å². The Morgan fingerprint density at radius 1 is 1.18 bits per heavy atom. The van der Waals surface area contributed by atoms with Crippen LogP contribution in [-0.4, -0.2) is 32.5 Å². The van der Waals surface area contributed by atoms with Gasteiger partial charge in [-0.05, 0) is 44.5 Å². The highest BCUT2D eigenvalue weighted by Crippen LogP contribution is 2.30. The molecule has 0 aromatic heterocycles. The first kappa shape index (κ1) is 21.6. The lowest BCUT2D eigenvalue weighted by molar-refractivity contribution is -0.385. The lowest BCUT2D eigenvalue weighted by Gasteiger charge is -2.24. The highest BCUT2D eigenvalue weighted by atomic mass is 35.5. The van der Waals surface area contributed by atoms with Gasteiger partial charge in [0.25, 0.3) is 15.7 Å². The Labute approximate surface area is 167 Å². The van der Waals surface area contributed by atoms with Gasteiger partial charge in [-0.15, -0.1) is 0 Å². The molecule has 28 heavy (non-hydrogen) atoms. The molecule has 0 atom stereocenters. The summed E-state index contributed by atoms with van der Waals surface area (Å²) in [4.78, 5) is 22.2. The molecular weight excluding hydrogens is 408 g/mol. The molecule has 0 aliphatic rings. The maximum atomic E-state index is 13.2. The van der Waals surface area contributed by atoms with Crippen LogP contribution in [0, 0.1) is 24.0 Å². The number of rotatable bonds is 7. The zero-order chi connectivity index (χ0) is 21.1. The number of benzene rings is 2. The summed E-state index contributed by atoms with van der Waals surface area (Å²) in [7, 11) is -4.30. The molecule has 2 rings (SSSR count). The van der Waals surface area contributed by atoms with Crippen LogP contribution in [0.15, 0.2) is 41.3 Å². The van der Waals surface area contributed by atoms with E-state index in [1.165, 1.54) is 31.2 Å². The minimum Gasteiger partial charge on any atom is -0.465 e. The first-order valence-electron chi connectivity index (χ1n) is 8.27. The van der Waals surface area contributed by atoms with Gasteiger partial charge in [0, 0.05) is 16.7 Å². The molecule has 0 aliphatic heterocycles. The van der Waals surface area contributed by atoms with Crippen molar-refractivity contribution in [3.63, 3.8) is 0 Å². The lowest BCUT2D eigenvalue weighted by Crippen LogP contribution is -2.36. The van der Waals surface area contributed by atoms with Crippen molar-refractivity contribution in [1.29, 1.82) is 0 Å². The molecule has 10 heteroatoms. The van der Waals surface area contributed by atoms with Crippen LogP contribution in [0.25, 0.3) is 0 Å². The van der Waals surface area contributed by atoms with Crippen molar-refractivity contribution in [2.24, 2.45) is 0 Å². The van der Waals surface area contributed by atoms with E-state index in [9.17, 15) is 23.3 Å². The van der Waals surface area contributed by atoms with Gasteiger partial charge < -0.3 is 4.74 Å². The van der Waals surface area contributed by atoms with Crippen LogP contribution < -0.4 is 4.31 Å². The number of hydrogen-bond acceptors (Lipinski definition) is 6. The van der Waals surface area contributed by atoms with Gasteiger partial charge in [0.15, 0.2) is 0 Å². The first-order valence-corrected chi connectivity index (χ1v) is 10.1. The normalized spacial score (nSPS) is 11.1. The summed E-state index contributed by atoms with van der Waals surface area (Å²) in [6.07, 6.45) is 0. The summed E-state index contributed by atoms with van der Waals surface area (Å²) >= 11 is 6.11. The van der Waals surface area contributed by atoms with Gasteiger partial charge in [0.05, 0.1) is 22.1 Å². The number of anilines is 1. The van der Waals surface area contributed by atoms with Crippen molar-refractivity contribution in [3.8, 4) is 0 Å². The van der Waals surface area contributed by atoms with Gasteiger partial charge in [0.1, 0.15) is 6.54 Å². The average molecular weight is 427 g/mol. The molecule has 0 saturated heterocycles. The van der Waals surface area contributed by atoms with Gasteiger partial charge in [-0.1, -0.05) is 23.7 Å². The van der Waals surface area contributed by atoms with E-state index in [2.05, 4.69) is 0 Å². The Morgan fingerprint density at radius 2 is 1.82 bits per heavy atom. The van der Waals surface area contributed by atoms with E-state index < -0.39 is 27.5 Å². The number of esters is 1. The van der Waals surface area contributed by atoms with Crippen molar-refractivity contribution in [1.82, 2.24) is 0 Å². The average Bonchev–Trinajstić information content (AvgIpc) is 2.62. The second-order valence-electron chi connectivity index (χ2n) is 5.96. The van der Waals surface area contributed by atoms with Crippen molar-refractivity contribution in [2.75, 3.05) is 17.5 Å². The topological polar surface area (TPSA) is 107 Å². The molecule has 0 bridgehead atoms. The van der Waals surface area contributed by atoms with Crippen molar-refractivity contribution in [2.45, 2.75) is 25.7 Å². The first-order chi connectivity index (χ1) is 13.1. The van der Waals surface area contributed by atoms with Crippen LogP contribution >= 0.6 is 11.6 Å². The molecule has 0 aliphatic carbocycles. The van der Waals surface area contributed by atoms with E-state index in [1.54, 1.807) is 19.9 Å². The van der Waals surface area contributed by atoms with E-state index in [0.29, 0.717) is 10.6 Å². The van der Waals surface area contributed by atoms with Crippen LogP contribution in [0.5, 0.6) is 0 Å². The van der Waals surface area contributed by atoms with Crippen molar-refractivity contribution >= 4 is 39.0 Å². The SMILES string of the molecule is CCOC(=O)CN(c1ccc(C)c(Cl)c1)S(=O)(=O)c1ccc(C)c([N+](=O)[O-])c1. The largest absolute Gasteiger partial charge is 0.465 e. The van der Waals surface area contributed by atoms with Gasteiger partial charge in [0.2, 0.25) is 0 Å². The Bertz CT molecular complexity index is 1020. The van der Waals surface area contributed by atoms with Gasteiger partial charge in [-0.2, -0.15) is 0 Å². The van der Waals surface area contributed by atoms with Crippen LogP contribution in [0.4, 0.5) is 11.4 Å². The van der Waals surface area contributed by atoms with Crippen LogP contribution in [0.1, 0.15) is 18.1 Å². The Morgan fingerprint density at radius 3 is 2.39 bits per heavy atom. The summed E-state index contributed by atoms with van der Waals surface area (Å²) in [5.41, 5.74) is 0.857. The third-order valence-corrected chi connectivity index (χ3v) is 6.16. The standard InChI is InChI=1S/C18H19ClN2O6S/c1-4-27-18(22)11-20(14-7-5-12(2)16(19)9-14)28(25,26)15-8-6-13(3)17(10-15)21(23)24/h5-10H,4,11H2,1-3H3. The molecule has 0 saturated carbocycles. The fraction of sp³-hybridized carbons (Fsp3) is 0.278. The van der Waals surface area contributed by atoms with E-state index in [1.807, 2.05) is 0 Å². The third-order valence-electron chi connectivity index (χ3n) is 3.99. The summed E-state index contributed by atoms with van der Waals surface area (Å²) < 4.78 is 32.1. The fourth-order valence-corrected chi connectivity index (χ4v) is 4.05. The summed E-state index contributed by atoms with van der Waals surface area (Å²) in [6, 6.07) is 8.10. The van der Waals surface area contributed by atoms with Crippen molar-refractivity contribution < 1.29 is 22.9 Å². The molecule has 0 amide bonds. The molecule has 0 spiro atoms. The molecule has 0 heterocycles. The van der Waals surface area contributed by atoms with E-state index in [4.69, 9.17) is 16.3 Å². The smallest absolute Gasteiger partial charge is 0.326 e. The van der Waals surface area contributed by atoms with Gasteiger partial charge in [-0.3, -0.25) is 19.2 Å². The Balaban J connectivity index is 2.60. The summed E-state index contributed by atoms with van der Waals surface area (Å²) in [5, 5.41) is 11.5. The molecule has 2 aromatic carbocycles. The zero-order valence-electron chi connectivity index (χ0n) is 15.5. The van der Waals surface area contributed by atoms with Gasteiger partial charge in [-0.25, -0.2) is 8.42 Å². The number of carbonyl (C=O) groups is 1. The van der Waals surface area contributed by atoms with E-state index >= 15 is 0 Å². The zero-order valence-corrected chi connectivity index (χ0v) is 17.1. The number of hydrogen-bond donors (Lipinski definition) is 0. The second-order valence-corrected chi connectivity index (χ2v) is 8.23. The summed E-state index contributed by atoms with van der Waals surface area (Å²) in [5.74, 6) is -0.760. The third kappa shape index (κ3) is 4.60. The number of nitro benzene ring substituents is 1. The summed E-state index contributed by atoms with van der Waals surface area (Å²) in [6.45, 7) is 4.34. The molecule has 0 N–H and O–H groups in total. The minimum atomic E-state index is -4.30. The predicted molar refractivity (Wildman–Crippen MR) is 105 cm³/mol. The molecule has 0 radical (unpaired) electrons. The number of halogens is 1. The number of carbonyl (C=O) groups excluding carboxylic acids is 1. The molecule has 8 nitrogen and oxygen atoms in total. The maximum Gasteiger partial charge on any atom is 0.326 e. The lowest BCUT2D eigenvalue weighted by atomic mass is 10.2. The van der Waals surface area contributed by atoms with Crippen LogP contribution in [0.2, 0.25) is 5.02 Å². The molecule has 0 fully saturated rings. The Hall–Kier alpha value is -2.65. The number of aryl methyl sites for hydroxylation is 2. The fourth-order valence-electron chi connectivity index (χ4n) is 2.45. The second kappa shape index (κ2) is 8.57. The number of nitrogens with zero attached hydrogens (tertiary/aromatic N) is 2. The number of sulfonamides is 1. The molecule has 0 unspecified atom stereocenters. The molecule has 150 valence electrons. The van der Waals surface area contributed by atoms with Crippen LogP contribution in [0.3, 0.4) is 0 Å². The molecule has 2 aromatic rings. The quantitative estimate of drug-likeness (QED) is 0.380. The predicted octanol–water partition coefficient (Wildman–Crippen LogP) is 3.62. The van der Waals surface area contributed by atoms with E-state index in [-0.39, 0.29) is 22.9 Å². The number of ether oxygens (including phenoxy) is 1. The molecular formula is C18H19ClN2O6S. The maximum absolute atomic E-state index is 13.2. The minimum absolute atomic E-state index is 0.0807. The van der Waals surface area contributed by atoms with Crippen molar-refractivity contribution in [3.05, 3.63) is 62.7 Å². The highest BCUT2D eigenvalue weighted by molar-refractivity contribution is 7.92. The van der Waals surface area contributed by atoms with E-state index in [0.717, 1.165) is 15.9 Å². The Kier molecular flexibility index (Phi) is 6.63. The monoisotopic (exact) mass is 426 g/mol. The number of nitro groups is 1.